The summed E-state index contributed by atoms with van der Waals surface area (Å²) < 4.78 is 0. The number of hydrogen-bond donors (Lipinski definition) is 3. The third-order valence-electron chi connectivity index (χ3n) is 2.47. The summed E-state index contributed by atoms with van der Waals surface area (Å²) in [6, 6.07) is 9.19. The standard InChI is InChI=1S/C13H9ClO4/c14-8-6-9(15)12(17)13(18)10(8)11(16)7-4-2-1-3-5-7/h1-6,15,17-18H. The van der Waals surface area contributed by atoms with Crippen LogP contribution >= 0.6 is 11.6 Å². The smallest absolute Gasteiger partial charge is 0.201 e. The highest BCUT2D eigenvalue weighted by Crippen LogP contribution is 2.42. The highest BCUT2D eigenvalue weighted by Gasteiger charge is 2.22. The first-order chi connectivity index (χ1) is 8.52. The van der Waals surface area contributed by atoms with E-state index < -0.39 is 23.0 Å². The van der Waals surface area contributed by atoms with E-state index in [-0.39, 0.29) is 10.6 Å². The van der Waals surface area contributed by atoms with E-state index in [9.17, 15) is 20.1 Å². The maximum absolute atomic E-state index is 12.1. The fraction of sp³-hybridized carbons (Fsp3) is 0. The molecular formula is C13H9ClO4. The molecule has 0 radical (unpaired) electrons. The molecule has 2 aromatic carbocycles. The minimum Gasteiger partial charge on any atom is -0.504 e. The second kappa shape index (κ2) is 4.58. The van der Waals surface area contributed by atoms with Gasteiger partial charge in [0.25, 0.3) is 0 Å². The quantitative estimate of drug-likeness (QED) is 0.576. The van der Waals surface area contributed by atoms with Crippen molar-refractivity contribution in [2.75, 3.05) is 0 Å². The number of ketones is 1. The van der Waals surface area contributed by atoms with Gasteiger partial charge in [-0.25, -0.2) is 0 Å². The lowest BCUT2D eigenvalue weighted by atomic mass is 10.0. The molecule has 0 aliphatic rings. The van der Waals surface area contributed by atoms with Crippen molar-refractivity contribution in [3.05, 3.63) is 52.5 Å². The second-order valence-electron chi connectivity index (χ2n) is 3.64. The minimum atomic E-state index is -0.765. The molecular weight excluding hydrogens is 256 g/mol. The predicted octanol–water partition coefficient (Wildman–Crippen LogP) is 2.69. The maximum Gasteiger partial charge on any atom is 0.201 e. The summed E-state index contributed by atoms with van der Waals surface area (Å²) in [5.41, 5.74) is 0.0814. The molecule has 0 atom stereocenters. The molecule has 3 N–H and O–H groups in total. The molecule has 0 amide bonds. The molecule has 0 bridgehead atoms. The van der Waals surface area contributed by atoms with Crippen molar-refractivity contribution in [3.8, 4) is 17.2 Å². The van der Waals surface area contributed by atoms with Crippen LogP contribution < -0.4 is 0 Å². The van der Waals surface area contributed by atoms with Crippen LogP contribution in [0.2, 0.25) is 5.02 Å². The van der Waals surface area contributed by atoms with Crippen molar-refractivity contribution < 1.29 is 20.1 Å². The van der Waals surface area contributed by atoms with Gasteiger partial charge in [-0.2, -0.15) is 0 Å². The predicted molar refractivity (Wildman–Crippen MR) is 66.3 cm³/mol. The lowest BCUT2D eigenvalue weighted by molar-refractivity contribution is 0.103. The number of aromatic hydroxyl groups is 3. The van der Waals surface area contributed by atoms with E-state index in [0.29, 0.717) is 5.56 Å². The van der Waals surface area contributed by atoms with Gasteiger partial charge in [0.1, 0.15) is 0 Å². The molecule has 0 fully saturated rings. The van der Waals surface area contributed by atoms with Gasteiger partial charge in [-0.3, -0.25) is 4.79 Å². The van der Waals surface area contributed by atoms with Crippen LogP contribution in [0.3, 0.4) is 0 Å². The zero-order valence-electron chi connectivity index (χ0n) is 9.09. The monoisotopic (exact) mass is 264 g/mol. The van der Waals surface area contributed by atoms with Crippen molar-refractivity contribution in [1.29, 1.82) is 0 Å². The molecule has 4 nitrogen and oxygen atoms in total. The molecule has 2 rings (SSSR count). The molecule has 0 aliphatic carbocycles. The van der Waals surface area contributed by atoms with Crippen LogP contribution in [0.4, 0.5) is 0 Å². The molecule has 18 heavy (non-hydrogen) atoms. The molecule has 0 saturated carbocycles. The number of carbonyl (C=O) groups is 1. The van der Waals surface area contributed by atoms with Gasteiger partial charge in [0, 0.05) is 11.6 Å². The van der Waals surface area contributed by atoms with Gasteiger partial charge in [-0.15, -0.1) is 0 Å². The first kappa shape index (κ1) is 12.3. The van der Waals surface area contributed by atoms with Crippen LogP contribution in [-0.2, 0) is 0 Å². The van der Waals surface area contributed by atoms with Gasteiger partial charge in [0.05, 0.1) is 10.6 Å². The molecule has 5 heteroatoms. The first-order valence-corrected chi connectivity index (χ1v) is 5.43. The highest BCUT2D eigenvalue weighted by atomic mass is 35.5. The number of rotatable bonds is 2. The highest BCUT2D eigenvalue weighted by molar-refractivity contribution is 6.35. The number of phenols is 3. The number of halogens is 1. The zero-order valence-corrected chi connectivity index (χ0v) is 9.85. The normalized spacial score (nSPS) is 10.3. The Labute approximate surface area is 108 Å². The third-order valence-corrected chi connectivity index (χ3v) is 2.77. The topological polar surface area (TPSA) is 77.8 Å². The number of carbonyl (C=O) groups excluding carboxylic acids is 1. The molecule has 0 saturated heterocycles. The van der Waals surface area contributed by atoms with Crippen LogP contribution in [-0.4, -0.2) is 21.1 Å². The van der Waals surface area contributed by atoms with Crippen molar-refractivity contribution in [3.63, 3.8) is 0 Å². The largest absolute Gasteiger partial charge is 0.504 e. The summed E-state index contributed by atoms with van der Waals surface area (Å²) in [6.45, 7) is 0. The van der Waals surface area contributed by atoms with E-state index in [0.717, 1.165) is 6.07 Å². The fourth-order valence-electron chi connectivity index (χ4n) is 1.56. The van der Waals surface area contributed by atoms with E-state index >= 15 is 0 Å². The van der Waals surface area contributed by atoms with E-state index in [2.05, 4.69) is 0 Å². The van der Waals surface area contributed by atoms with Crippen LogP contribution in [0, 0.1) is 0 Å². The molecule has 0 aromatic heterocycles. The van der Waals surface area contributed by atoms with Gasteiger partial charge in [-0.05, 0) is 0 Å². The first-order valence-electron chi connectivity index (χ1n) is 5.05. The van der Waals surface area contributed by atoms with Gasteiger partial charge in [0.15, 0.2) is 17.3 Å². The molecule has 0 aliphatic heterocycles. The van der Waals surface area contributed by atoms with Crippen molar-refractivity contribution in [1.82, 2.24) is 0 Å². The average Bonchev–Trinajstić information content (AvgIpc) is 2.37. The van der Waals surface area contributed by atoms with E-state index in [1.54, 1.807) is 30.3 Å². The number of hydrogen-bond acceptors (Lipinski definition) is 4. The van der Waals surface area contributed by atoms with Crippen LogP contribution in [0.1, 0.15) is 15.9 Å². The molecule has 2 aromatic rings. The Morgan fingerprint density at radius 2 is 1.61 bits per heavy atom. The van der Waals surface area contributed by atoms with Crippen molar-refractivity contribution in [2.45, 2.75) is 0 Å². The average molecular weight is 265 g/mol. The Bertz CT molecular complexity index is 608. The SMILES string of the molecule is O=C(c1ccccc1)c1c(Cl)cc(O)c(O)c1O. The van der Waals surface area contributed by atoms with Gasteiger partial charge in [0.2, 0.25) is 5.75 Å². The number of benzene rings is 2. The lowest BCUT2D eigenvalue weighted by Gasteiger charge is -2.09. The summed E-state index contributed by atoms with van der Waals surface area (Å²) in [4.78, 5) is 12.1. The fourth-order valence-corrected chi connectivity index (χ4v) is 1.84. The lowest BCUT2D eigenvalue weighted by Crippen LogP contribution is -2.02. The van der Waals surface area contributed by atoms with E-state index in [1.807, 2.05) is 0 Å². The van der Waals surface area contributed by atoms with Crippen molar-refractivity contribution in [2.24, 2.45) is 0 Å². The number of phenolic OH excluding ortho intramolecular Hbond substituents is 3. The summed E-state index contributed by atoms with van der Waals surface area (Å²) in [5, 5.41) is 28.2. The Morgan fingerprint density at radius 1 is 1.00 bits per heavy atom. The van der Waals surface area contributed by atoms with Crippen molar-refractivity contribution >= 4 is 17.4 Å². The van der Waals surface area contributed by atoms with Gasteiger partial charge >= 0.3 is 0 Å². The molecule has 0 spiro atoms. The molecule has 92 valence electrons. The molecule has 0 heterocycles. The van der Waals surface area contributed by atoms with E-state index in [4.69, 9.17) is 11.6 Å². The van der Waals surface area contributed by atoms with Gasteiger partial charge in [-0.1, -0.05) is 41.9 Å². The maximum atomic E-state index is 12.1. The summed E-state index contributed by atoms with van der Waals surface area (Å²) in [6.07, 6.45) is 0. The third kappa shape index (κ3) is 1.98. The van der Waals surface area contributed by atoms with Crippen LogP contribution in [0.5, 0.6) is 17.2 Å². The summed E-state index contributed by atoms with van der Waals surface area (Å²) in [5.74, 6) is -2.61. The summed E-state index contributed by atoms with van der Waals surface area (Å²) >= 11 is 5.80. The van der Waals surface area contributed by atoms with E-state index in [1.165, 1.54) is 0 Å². The van der Waals surface area contributed by atoms with Gasteiger partial charge < -0.3 is 15.3 Å². The van der Waals surface area contributed by atoms with Crippen LogP contribution in [0.25, 0.3) is 0 Å². The Hall–Kier alpha value is -2.20. The molecule has 0 unspecified atom stereocenters. The second-order valence-corrected chi connectivity index (χ2v) is 4.05. The minimum absolute atomic E-state index is 0.128. The zero-order chi connectivity index (χ0) is 13.3. The Kier molecular flexibility index (Phi) is 3.12. The Balaban J connectivity index is 2.59. The Morgan fingerprint density at radius 3 is 2.22 bits per heavy atom. The summed E-state index contributed by atoms with van der Waals surface area (Å²) in [7, 11) is 0. The van der Waals surface area contributed by atoms with Crippen LogP contribution in [0.15, 0.2) is 36.4 Å².